The maximum atomic E-state index is 12.5. The summed E-state index contributed by atoms with van der Waals surface area (Å²) >= 11 is 0. The first-order valence-corrected chi connectivity index (χ1v) is 7.35. The van der Waals surface area contributed by atoms with Gasteiger partial charge in [-0.05, 0) is 50.6 Å². The summed E-state index contributed by atoms with van der Waals surface area (Å²) in [6.07, 6.45) is 4.51. The van der Waals surface area contributed by atoms with E-state index in [1.54, 1.807) is 0 Å². The molecule has 0 bridgehead atoms. The highest BCUT2D eigenvalue weighted by Gasteiger charge is 2.58. The van der Waals surface area contributed by atoms with Gasteiger partial charge in [0, 0.05) is 19.0 Å². The number of carbonyl (C=O) groups excluding carboxylic acids is 1. The molecule has 106 valence electrons. The zero-order valence-corrected chi connectivity index (χ0v) is 11.2. The molecular weight excluding hydrogens is 244 g/mol. The molecule has 19 heavy (non-hydrogen) atoms. The third kappa shape index (κ3) is 2.36. The lowest BCUT2D eigenvalue weighted by atomic mass is 9.91. The van der Waals surface area contributed by atoms with Crippen LogP contribution >= 0.6 is 0 Å². The number of amides is 1. The lowest BCUT2D eigenvalue weighted by molar-refractivity contribution is -0.146. The maximum Gasteiger partial charge on any atom is 0.306 e. The zero-order chi connectivity index (χ0) is 13.5. The van der Waals surface area contributed by atoms with E-state index in [0.29, 0.717) is 25.9 Å². The number of rotatable bonds is 2. The van der Waals surface area contributed by atoms with Crippen LogP contribution in [0.4, 0.5) is 0 Å². The Hall–Kier alpha value is -1.10. The van der Waals surface area contributed by atoms with Crippen molar-refractivity contribution in [3.63, 3.8) is 0 Å². The number of carbonyl (C=O) groups is 2. The molecular formula is C14H22N2O3. The first-order valence-electron chi connectivity index (χ1n) is 7.35. The van der Waals surface area contributed by atoms with Crippen molar-refractivity contribution in [1.82, 2.24) is 10.2 Å². The van der Waals surface area contributed by atoms with Gasteiger partial charge in [-0.15, -0.1) is 0 Å². The molecule has 2 saturated heterocycles. The largest absolute Gasteiger partial charge is 0.481 e. The topological polar surface area (TPSA) is 69.6 Å². The van der Waals surface area contributed by atoms with E-state index in [0.717, 1.165) is 32.4 Å². The summed E-state index contributed by atoms with van der Waals surface area (Å²) in [5.41, 5.74) is 0.284. The van der Waals surface area contributed by atoms with Crippen LogP contribution in [0.2, 0.25) is 0 Å². The molecule has 2 N–H and O–H groups in total. The quantitative estimate of drug-likeness (QED) is 0.772. The summed E-state index contributed by atoms with van der Waals surface area (Å²) in [6, 6.07) is 0. The van der Waals surface area contributed by atoms with Gasteiger partial charge in [0.15, 0.2) is 0 Å². The Morgan fingerprint density at radius 1 is 1.16 bits per heavy atom. The van der Waals surface area contributed by atoms with E-state index in [1.807, 2.05) is 4.90 Å². The van der Waals surface area contributed by atoms with Gasteiger partial charge in [-0.25, -0.2) is 0 Å². The molecule has 1 saturated carbocycles. The molecule has 3 aliphatic rings. The summed E-state index contributed by atoms with van der Waals surface area (Å²) in [4.78, 5) is 25.3. The summed E-state index contributed by atoms with van der Waals surface area (Å²) in [5, 5.41) is 12.3. The van der Waals surface area contributed by atoms with Crippen LogP contribution in [0.25, 0.3) is 0 Å². The van der Waals surface area contributed by atoms with Gasteiger partial charge >= 0.3 is 5.97 Å². The first-order chi connectivity index (χ1) is 9.12. The minimum atomic E-state index is -0.714. The van der Waals surface area contributed by atoms with E-state index in [4.69, 9.17) is 5.11 Å². The summed E-state index contributed by atoms with van der Waals surface area (Å²) in [7, 11) is 0. The van der Waals surface area contributed by atoms with Crippen LogP contribution in [0.15, 0.2) is 0 Å². The molecule has 0 aromatic heterocycles. The van der Waals surface area contributed by atoms with Gasteiger partial charge in [-0.1, -0.05) is 0 Å². The van der Waals surface area contributed by atoms with Gasteiger partial charge in [0.25, 0.3) is 0 Å². The number of hydrogen-bond acceptors (Lipinski definition) is 3. The van der Waals surface area contributed by atoms with Crippen molar-refractivity contribution in [3.8, 4) is 0 Å². The second kappa shape index (κ2) is 4.78. The van der Waals surface area contributed by atoms with Gasteiger partial charge < -0.3 is 15.3 Å². The Morgan fingerprint density at radius 3 is 2.37 bits per heavy atom. The van der Waals surface area contributed by atoms with Crippen LogP contribution < -0.4 is 5.32 Å². The predicted molar refractivity (Wildman–Crippen MR) is 69.6 cm³/mol. The van der Waals surface area contributed by atoms with Gasteiger partial charge in [0.1, 0.15) is 0 Å². The van der Waals surface area contributed by atoms with Gasteiger partial charge in [0.2, 0.25) is 5.91 Å². The van der Waals surface area contributed by atoms with Crippen LogP contribution in [-0.4, -0.2) is 48.1 Å². The monoisotopic (exact) mass is 266 g/mol. The number of nitrogens with zero attached hydrogens (tertiary/aromatic N) is 1. The third-order valence-electron chi connectivity index (χ3n) is 5.24. The number of piperidine rings is 2. The van der Waals surface area contributed by atoms with Crippen LogP contribution in [0, 0.1) is 17.3 Å². The Kier molecular flexibility index (Phi) is 3.25. The van der Waals surface area contributed by atoms with Gasteiger partial charge in [-0.3, -0.25) is 9.59 Å². The number of hydrogen-bond donors (Lipinski definition) is 2. The Morgan fingerprint density at radius 2 is 1.79 bits per heavy atom. The van der Waals surface area contributed by atoms with Crippen molar-refractivity contribution in [2.75, 3.05) is 26.2 Å². The number of likely N-dealkylation sites (tertiary alicyclic amines) is 1. The molecule has 0 aromatic rings. The molecule has 1 atom stereocenters. The maximum absolute atomic E-state index is 12.5. The minimum absolute atomic E-state index is 0.218. The van der Waals surface area contributed by atoms with E-state index in [1.165, 1.54) is 0 Å². The fourth-order valence-electron chi connectivity index (χ4n) is 3.74. The van der Waals surface area contributed by atoms with Crippen LogP contribution in [-0.2, 0) is 9.59 Å². The van der Waals surface area contributed by atoms with Crippen molar-refractivity contribution < 1.29 is 14.7 Å². The highest BCUT2D eigenvalue weighted by atomic mass is 16.4. The molecule has 1 spiro atoms. The fraction of sp³-hybridized carbons (Fsp3) is 0.857. The fourth-order valence-corrected chi connectivity index (χ4v) is 3.74. The van der Waals surface area contributed by atoms with Crippen molar-refractivity contribution in [2.45, 2.75) is 32.1 Å². The predicted octanol–water partition coefficient (Wildman–Crippen LogP) is 0.699. The zero-order valence-electron chi connectivity index (χ0n) is 11.2. The van der Waals surface area contributed by atoms with Crippen LogP contribution in [0.5, 0.6) is 0 Å². The van der Waals surface area contributed by atoms with E-state index in [9.17, 15) is 9.59 Å². The first kappa shape index (κ1) is 12.9. The SMILES string of the molecule is O=C(O)C1CCN(C(=O)C2CC23CCNCC3)CC1. The average Bonchev–Trinajstić information content (AvgIpc) is 3.12. The second-order valence-electron chi connectivity index (χ2n) is 6.31. The molecule has 1 aliphatic carbocycles. The smallest absolute Gasteiger partial charge is 0.306 e. The van der Waals surface area contributed by atoms with Gasteiger partial charge in [-0.2, -0.15) is 0 Å². The molecule has 2 aliphatic heterocycles. The van der Waals surface area contributed by atoms with Crippen LogP contribution in [0.1, 0.15) is 32.1 Å². The van der Waals surface area contributed by atoms with Gasteiger partial charge in [0.05, 0.1) is 5.92 Å². The molecule has 0 aromatic carbocycles. The highest BCUT2D eigenvalue weighted by Crippen LogP contribution is 2.59. The average molecular weight is 266 g/mol. The lowest BCUT2D eigenvalue weighted by Crippen LogP contribution is -2.42. The van der Waals surface area contributed by atoms with Crippen molar-refractivity contribution in [3.05, 3.63) is 0 Å². The summed E-state index contributed by atoms with van der Waals surface area (Å²) in [6.45, 7) is 3.32. The number of aliphatic carboxylic acids is 1. The van der Waals surface area contributed by atoms with E-state index < -0.39 is 5.97 Å². The normalized spacial score (nSPS) is 30.3. The van der Waals surface area contributed by atoms with E-state index in [2.05, 4.69) is 5.32 Å². The highest BCUT2D eigenvalue weighted by molar-refractivity contribution is 5.83. The molecule has 1 amide bonds. The Balaban J connectivity index is 1.54. The number of carboxylic acids is 1. The second-order valence-corrected chi connectivity index (χ2v) is 6.31. The van der Waals surface area contributed by atoms with Crippen molar-refractivity contribution in [1.29, 1.82) is 0 Å². The third-order valence-corrected chi connectivity index (χ3v) is 5.24. The molecule has 0 radical (unpaired) electrons. The molecule has 5 heteroatoms. The molecule has 3 rings (SSSR count). The molecule has 2 heterocycles. The Labute approximate surface area is 113 Å². The van der Waals surface area contributed by atoms with Crippen molar-refractivity contribution in [2.24, 2.45) is 17.3 Å². The Bertz CT molecular complexity index is 382. The van der Waals surface area contributed by atoms with Crippen LogP contribution in [0.3, 0.4) is 0 Å². The molecule has 5 nitrogen and oxygen atoms in total. The standard InChI is InChI=1S/C14H22N2O3/c17-12(11-9-14(11)3-5-15-6-4-14)16-7-1-10(2-8-16)13(18)19/h10-11,15H,1-9H2,(H,18,19). The minimum Gasteiger partial charge on any atom is -0.481 e. The van der Waals surface area contributed by atoms with Crippen molar-refractivity contribution >= 4 is 11.9 Å². The molecule has 1 unspecified atom stereocenters. The van der Waals surface area contributed by atoms with E-state index >= 15 is 0 Å². The summed E-state index contributed by atoms with van der Waals surface area (Å²) in [5.74, 6) is -0.467. The number of nitrogens with one attached hydrogen (secondary N) is 1. The molecule has 3 fully saturated rings. The van der Waals surface area contributed by atoms with E-state index in [-0.39, 0.29) is 23.2 Å². The number of carboxylic acid groups (broad SMARTS) is 1. The summed E-state index contributed by atoms with van der Waals surface area (Å²) < 4.78 is 0. The lowest BCUT2D eigenvalue weighted by Gasteiger charge is -2.31.